The van der Waals surface area contributed by atoms with E-state index in [9.17, 15) is 4.79 Å². The molecule has 2 rings (SSSR count). The molecule has 4 heteroatoms. The highest BCUT2D eigenvalue weighted by molar-refractivity contribution is 6.31. The van der Waals surface area contributed by atoms with Gasteiger partial charge in [-0.05, 0) is 42.7 Å². The third kappa shape index (κ3) is 5.29. The van der Waals surface area contributed by atoms with Crippen molar-refractivity contribution in [1.82, 2.24) is 5.32 Å². The summed E-state index contributed by atoms with van der Waals surface area (Å²) in [6.07, 6.45) is 1.90. The second-order valence-electron chi connectivity index (χ2n) is 5.52. The van der Waals surface area contributed by atoms with Gasteiger partial charge in [-0.15, -0.1) is 0 Å². The highest BCUT2D eigenvalue weighted by Gasteiger charge is 2.14. The molecule has 0 bridgehead atoms. The molecule has 0 fully saturated rings. The zero-order valence-electron chi connectivity index (χ0n) is 13.5. The Morgan fingerprint density at radius 3 is 2.61 bits per heavy atom. The first-order valence-corrected chi connectivity index (χ1v) is 8.21. The largest absolute Gasteiger partial charge is 0.484 e. The lowest BCUT2D eigenvalue weighted by Gasteiger charge is -2.19. The molecule has 2 aromatic rings. The van der Waals surface area contributed by atoms with Crippen LogP contribution in [0.2, 0.25) is 5.02 Å². The minimum absolute atomic E-state index is 0.00583. The predicted molar refractivity (Wildman–Crippen MR) is 93.9 cm³/mol. The predicted octanol–water partition coefficient (Wildman–Crippen LogP) is 4.68. The van der Waals surface area contributed by atoms with Crippen molar-refractivity contribution >= 4 is 17.5 Å². The summed E-state index contributed by atoms with van der Waals surface area (Å²) >= 11 is 5.98. The number of rotatable bonds is 7. The van der Waals surface area contributed by atoms with Crippen molar-refractivity contribution in [3.8, 4) is 5.75 Å². The molecule has 0 aromatic heterocycles. The topological polar surface area (TPSA) is 38.3 Å². The van der Waals surface area contributed by atoms with E-state index in [1.54, 1.807) is 12.1 Å². The van der Waals surface area contributed by atoms with E-state index in [0.717, 1.165) is 24.0 Å². The highest BCUT2D eigenvalue weighted by Crippen LogP contribution is 2.21. The van der Waals surface area contributed by atoms with Gasteiger partial charge in [-0.3, -0.25) is 4.79 Å². The maximum Gasteiger partial charge on any atom is 0.258 e. The Kier molecular flexibility index (Phi) is 6.48. The second kappa shape index (κ2) is 8.59. The fourth-order valence-corrected chi connectivity index (χ4v) is 2.51. The van der Waals surface area contributed by atoms with Gasteiger partial charge >= 0.3 is 0 Å². The van der Waals surface area contributed by atoms with Crippen LogP contribution in [0.25, 0.3) is 0 Å². The molecule has 0 spiro atoms. The van der Waals surface area contributed by atoms with E-state index in [1.165, 1.54) is 0 Å². The standard InChI is InChI=1S/C19H22ClNO2/c1-3-7-18(15-8-5-4-6-9-15)21-19(22)13-23-16-10-11-17(20)14(2)12-16/h4-6,8-12,18H,3,7,13H2,1-2H3,(H,21,22)/t18-/m0/s1. The van der Waals surface area contributed by atoms with Gasteiger partial charge in [-0.25, -0.2) is 0 Å². The number of halogens is 1. The molecular formula is C19H22ClNO2. The van der Waals surface area contributed by atoms with Crippen molar-refractivity contribution in [2.24, 2.45) is 0 Å². The summed E-state index contributed by atoms with van der Waals surface area (Å²) in [4.78, 5) is 12.2. The van der Waals surface area contributed by atoms with Gasteiger partial charge in [0.15, 0.2) is 6.61 Å². The van der Waals surface area contributed by atoms with Crippen molar-refractivity contribution < 1.29 is 9.53 Å². The van der Waals surface area contributed by atoms with Gasteiger partial charge in [-0.1, -0.05) is 55.3 Å². The van der Waals surface area contributed by atoms with Crippen molar-refractivity contribution in [3.05, 3.63) is 64.7 Å². The summed E-state index contributed by atoms with van der Waals surface area (Å²) in [6.45, 7) is 4.01. The molecule has 0 aliphatic rings. The van der Waals surface area contributed by atoms with Crippen LogP contribution >= 0.6 is 11.6 Å². The van der Waals surface area contributed by atoms with Crippen LogP contribution in [-0.4, -0.2) is 12.5 Å². The number of amides is 1. The van der Waals surface area contributed by atoms with Crippen LogP contribution in [0.3, 0.4) is 0 Å². The Morgan fingerprint density at radius 2 is 1.96 bits per heavy atom. The first-order chi connectivity index (χ1) is 11.1. The number of hydrogen-bond donors (Lipinski definition) is 1. The number of ether oxygens (including phenoxy) is 1. The van der Waals surface area contributed by atoms with Gasteiger partial charge in [0.05, 0.1) is 6.04 Å². The van der Waals surface area contributed by atoms with Crippen LogP contribution < -0.4 is 10.1 Å². The van der Waals surface area contributed by atoms with E-state index in [-0.39, 0.29) is 18.6 Å². The van der Waals surface area contributed by atoms with Crippen molar-refractivity contribution in [1.29, 1.82) is 0 Å². The molecule has 1 N–H and O–H groups in total. The number of aryl methyl sites for hydroxylation is 1. The first kappa shape index (κ1) is 17.4. The molecule has 0 heterocycles. The summed E-state index contributed by atoms with van der Waals surface area (Å²) in [5.74, 6) is 0.522. The van der Waals surface area contributed by atoms with Gasteiger partial charge in [-0.2, -0.15) is 0 Å². The first-order valence-electron chi connectivity index (χ1n) is 7.83. The number of hydrogen-bond acceptors (Lipinski definition) is 2. The summed E-state index contributed by atoms with van der Waals surface area (Å²) < 4.78 is 5.55. The third-order valence-electron chi connectivity index (χ3n) is 3.61. The van der Waals surface area contributed by atoms with Crippen LogP contribution in [0.15, 0.2) is 48.5 Å². The molecule has 0 saturated carbocycles. The molecular weight excluding hydrogens is 310 g/mol. The smallest absolute Gasteiger partial charge is 0.258 e. The molecule has 0 aliphatic heterocycles. The van der Waals surface area contributed by atoms with E-state index < -0.39 is 0 Å². The normalized spacial score (nSPS) is 11.8. The molecule has 2 aromatic carbocycles. The Balaban J connectivity index is 1.92. The van der Waals surface area contributed by atoms with E-state index in [2.05, 4.69) is 12.2 Å². The monoisotopic (exact) mass is 331 g/mol. The lowest BCUT2D eigenvalue weighted by atomic mass is 10.0. The Labute approximate surface area is 142 Å². The summed E-state index contributed by atoms with van der Waals surface area (Å²) in [5, 5.41) is 3.73. The Bertz CT molecular complexity index is 643. The average molecular weight is 332 g/mol. The van der Waals surface area contributed by atoms with Gasteiger partial charge in [0.25, 0.3) is 5.91 Å². The zero-order valence-corrected chi connectivity index (χ0v) is 14.3. The maximum atomic E-state index is 12.2. The van der Waals surface area contributed by atoms with Crippen molar-refractivity contribution in [3.63, 3.8) is 0 Å². The van der Waals surface area contributed by atoms with E-state index in [1.807, 2.05) is 43.3 Å². The minimum atomic E-state index is -0.125. The third-order valence-corrected chi connectivity index (χ3v) is 4.04. The molecule has 0 unspecified atom stereocenters. The van der Waals surface area contributed by atoms with E-state index >= 15 is 0 Å². The minimum Gasteiger partial charge on any atom is -0.484 e. The molecule has 0 radical (unpaired) electrons. The van der Waals surface area contributed by atoms with Crippen LogP contribution in [0.1, 0.15) is 36.9 Å². The molecule has 3 nitrogen and oxygen atoms in total. The van der Waals surface area contributed by atoms with Crippen LogP contribution in [0.5, 0.6) is 5.75 Å². The van der Waals surface area contributed by atoms with Crippen LogP contribution in [0, 0.1) is 6.92 Å². The lowest BCUT2D eigenvalue weighted by Crippen LogP contribution is -2.32. The van der Waals surface area contributed by atoms with Gasteiger partial charge in [0.2, 0.25) is 0 Å². The summed E-state index contributed by atoms with van der Waals surface area (Å²) in [6, 6.07) is 15.4. The zero-order chi connectivity index (χ0) is 16.7. The van der Waals surface area contributed by atoms with Gasteiger partial charge in [0, 0.05) is 5.02 Å². The van der Waals surface area contributed by atoms with Gasteiger partial charge < -0.3 is 10.1 Å². The number of carbonyl (C=O) groups is 1. The Morgan fingerprint density at radius 1 is 1.22 bits per heavy atom. The Hall–Kier alpha value is -2.00. The summed E-state index contributed by atoms with van der Waals surface area (Å²) in [7, 11) is 0. The van der Waals surface area contributed by atoms with E-state index in [4.69, 9.17) is 16.3 Å². The molecule has 0 saturated heterocycles. The molecule has 1 amide bonds. The van der Waals surface area contributed by atoms with Crippen LogP contribution in [0.4, 0.5) is 0 Å². The van der Waals surface area contributed by atoms with Crippen molar-refractivity contribution in [2.75, 3.05) is 6.61 Å². The van der Waals surface area contributed by atoms with Gasteiger partial charge in [0.1, 0.15) is 5.75 Å². The highest BCUT2D eigenvalue weighted by atomic mass is 35.5. The van der Waals surface area contributed by atoms with Crippen molar-refractivity contribution in [2.45, 2.75) is 32.7 Å². The maximum absolute atomic E-state index is 12.2. The van der Waals surface area contributed by atoms with E-state index in [0.29, 0.717) is 10.8 Å². The molecule has 0 aliphatic carbocycles. The summed E-state index contributed by atoms with van der Waals surface area (Å²) in [5.41, 5.74) is 2.04. The number of carbonyl (C=O) groups excluding carboxylic acids is 1. The average Bonchev–Trinajstić information content (AvgIpc) is 2.56. The quantitative estimate of drug-likeness (QED) is 0.799. The fraction of sp³-hybridized carbons (Fsp3) is 0.316. The molecule has 1 atom stereocenters. The lowest BCUT2D eigenvalue weighted by molar-refractivity contribution is -0.123. The fourth-order valence-electron chi connectivity index (χ4n) is 2.39. The number of nitrogens with one attached hydrogen (secondary N) is 1. The number of benzene rings is 2. The molecule has 23 heavy (non-hydrogen) atoms. The SMILES string of the molecule is CCC[C@H](NC(=O)COc1ccc(Cl)c(C)c1)c1ccccc1. The molecule has 122 valence electrons. The van der Waals surface area contributed by atoms with Crippen LogP contribution in [-0.2, 0) is 4.79 Å². The second-order valence-corrected chi connectivity index (χ2v) is 5.93.